The Balaban J connectivity index is 1.97. The fraction of sp³-hybridized carbons (Fsp3) is 0.235. The van der Waals surface area contributed by atoms with Crippen molar-refractivity contribution in [2.24, 2.45) is 0 Å². The van der Waals surface area contributed by atoms with Gasteiger partial charge in [-0.1, -0.05) is 23.7 Å². The van der Waals surface area contributed by atoms with Gasteiger partial charge >= 0.3 is 6.03 Å². The van der Waals surface area contributed by atoms with Crippen molar-refractivity contribution in [2.75, 3.05) is 16.3 Å². The van der Waals surface area contributed by atoms with Crippen LogP contribution < -0.4 is 13.9 Å². The number of halogens is 1. The highest BCUT2D eigenvalue weighted by Gasteiger charge is 2.31. The number of ether oxygens (including phenoxy) is 1. The first-order valence-electron chi connectivity index (χ1n) is 7.28. The Morgan fingerprint density at radius 3 is 2.57 bits per heavy atom. The standard InChI is InChI=1S/C17H17ClN2O2S/c1-11(2)22-12-8-9-16-15(10-12)19(3)17(21)20(23-16)14-7-5-4-6-13(14)18/h4-11H,1-3H3. The third-order valence-electron chi connectivity index (χ3n) is 3.39. The summed E-state index contributed by atoms with van der Waals surface area (Å²) in [5, 5.41) is 0.546. The van der Waals surface area contributed by atoms with Crippen LogP contribution in [0.1, 0.15) is 13.8 Å². The minimum absolute atomic E-state index is 0.0879. The molecule has 0 spiro atoms. The van der Waals surface area contributed by atoms with Crippen LogP contribution in [0, 0.1) is 0 Å². The number of nitrogens with zero attached hydrogens (tertiary/aromatic N) is 2. The van der Waals surface area contributed by atoms with Crippen LogP contribution >= 0.6 is 23.5 Å². The van der Waals surface area contributed by atoms with E-state index in [1.54, 1.807) is 22.3 Å². The van der Waals surface area contributed by atoms with Gasteiger partial charge in [0, 0.05) is 13.1 Å². The molecule has 2 aromatic rings. The van der Waals surface area contributed by atoms with Crippen LogP contribution in [-0.2, 0) is 0 Å². The van der Waals surface area contributed by atoms with Crippen LogP contribution in [0.2, 0.25) is 5.02 Å². The summed E-state index contributed by atoms with van der Waals surface area (Å²) in [6.07, 6.45) is 0.0879. The molecule has 120 valence electrons. The van der Waals surface area contributed by atoms with Crippen molar-refractivity contribution in [3.8, 4) is 5.75 Å². The first-order valence-corrected chi connectivity index (χ1v) is 8.43. The first-order chi connectivity index (χ1) is 11.0. The van der Waals surface area contributed by atoms with Crippen LogP contribution in [0.15, 0.2) is 47.4 Å². The number of anilines is 2. The Kier molecular flexibility index (Phi) is 4.41. The van der Waals surface area contributed by atoms with E-state index in [0.29, 0.717) is 10.7 Å². The SMILES string of the molecule is CC(C)Oc1ccc2c(c1)N(C)C(=O)N(c1ccccc1Cl)S2. The molecule has 0 saturated carbocycles. The molecule has 0 radical (unpaired) electrons. The van der Waals surface area contributed by atoms with Gasteiger partial charge in [0.15, 0.2) is 0 Å². The van der Waals surface area contributed by atoms with E-state index in [2.05, 4.69) is 0 Å². The highest BCUT2D eigenvalue weighted by atomic mass is 35.5. The molecule has 0 fully saturated rings. The second-order valence-electron chi connectivity index (χ2n) is 5.47. The average molecular weight is 349 g/mol. The zero-order valence-electron chi connectivity index (χ0n) is 13.1. The Hall–Kier alpha value is -1.85. The van der Waals surface area contributed by atoms with Gasteiger partial charge in [-0.15, -0.1) is 0 Å². The lowest BCUT2D eigenvalue weighted by molar-refractivity contribution is 0.242. The molecule has 0 aliphatic carbocycles. The normalized spacial score (nSPS) is 14.2. The molecule has 2 amide bonds. The van der Waals surface area contributed by atoms with Crippen molar-refractivity contribution in [3.05, 3.63) is 47.5 Å². The van der Waals surface area contributed by atoms with Crippen LogP contribution in [0.25, 0.3) is 0 Å². The van der Waals surface area contributed by atoms with Gasteiger partial charge in [0.05, 0.1) is 27.4 Å². The minimum Gasteiger partial charge on any atom is -0.491 e. The number of hydrogen-bond acceptors (Lipinski definition) is 3. The van der Waals surface area contributed by atoms with E-state index in [1.165, 1.54) is 11.9 Å². The fourth-order valence-corrected chi connectivity index (χ4v) is 3.67. The van der Waals surface area contributed by atoms with E-state index >= 15 is 0 Å². The van der Waals surface area contributed by atoms with Crippen molar-refractivity contribution < 1.29 is 9.53 Å². The summed E-state index contributed by atoms with van der Waals surface area (Å²) < 4.78 is 7.32. The molecule has 0 bridgehead atoms. The molecule has 0 aromatic heterocycles. The maximum Gasteiger partial charge on any atom is 0.339 e. The summed E-state index contributed by atoms with van der Waals surface area (Å²) in [6, 6.07) is 13.0. The number of benzene rings is 2. The van der Waals surface area contributed by atoms with Gasteiger partial charge in [-0.25, -0.2) is 9.10 Å². The molecule has 2 aromatic carbocycles. The maximum absolute atomic E-state index is 12.7. The summed E-state index contributed by atoms with van der Waals surface area (Å²) in [5.41, 5.74) is 1.52. The van der Waals surface area contributed by atoms with E-state index in [0.717, 1.165) is 16.3 Å². The van der Waals surface area contributed by atoms with Crippen molar-refractivity contribution in [1.82, 2.24) is 0 Å². The van der Waals surface area contributed by atoms with Crippen molar-refractivity contribution >= 4 is 41.0 Å². The van der Waals surface area contributed by atoms with Gasteiger partial charge < -0.3 is 4.74 Å². The summed E-state index contributed by atoms with van der Waals surface area (Å²) in [7, 11) is 1.75. The van der Waals surface area contributed by atoms with Gasteiger partial charge in [0.1, 0.15) is 5.75 Å². The summed E-state index contributed by atoms with van der Waals surface area (Å²) >= 11 is 7.60. The number of rotatable bonds is 3. The molecule has 4 nitrogen and oxygen atoms in total. The molecule has 0 N–H and O–H groups in total. The molecule has 1 heterocycles. The molecule has 1 aliphatic rings. The number of para-hydroxylation sites is 1. The number of carbonyl (C=O) groups is 1. The summed E-state index contributed by atoms with van der Waals surface area (Å²) in [4.78, 5) is 15.3. The zero-order chi connectivity index (χ0) is 16.6. The molecular weight excluding hydrogens is 332 g/mol. The maximum atomic E-state index is 12.7. The number of amides is 2. The number of hydrogen-bond donors (Lipinski definition) is 0. The topological polar surface area (TPSA) is 32.8 Å². The molecule has 3 rings (SSSR count). The minimum atomic E-state index is -0.141. The lowest BCUT2D eigenvalue weighted by Gasteiger charge is -2.34. The largest absolute Gasteiger partial charge is 0.491 e. The van der Waals surface area contributed by atoms with Gasteiger partial charge in [-0.2, -0.15) is 0 Å². The predicted octanol–water partition coefficient (Wildman–Crippen LogP) is 5.21. The molecule has 23 heavy (non-hydrogen) atoms. The van der Waals surface area contributed by atoms with E-state index in [9.17, 15) is 4.79 Å². The van der Waals surface area contributed by atoms with Crippen molar-refractivity contribution in [1.29, 1.82) is 0 Å². The number of carbonyl (C=O) groups excluding carboxylic acids is 1. The van der Waals surface area contributed by atoms with Gasteiger partial charge in [-0.05, 0) is 50.1 Å². The van der Waals surface area contributed by atoms with Gasteiger partial charge in [0.2, 0.25) is 0 Å². The zero-order valence-corrected chi connectivity index (χ0v) is 14.7. The summed E-state index contributed by atoms with van der Waals surface area (Å²) in [5.74, 6) is 0.755. The Labute approximate surface area is 145 Å². The average Bonchev–Trinajstić information content (AvgIpc) is 2.51. The van der Waals surface area contributed by atoms with E-state index in [-0.39, 0.29) is 12.1 Å². The monoisotopic (exact) mass is 348 g/mol. The van der Waals surface area contributed by atoms with E-state index in [4.69, 9.17) is 16.3 Å². The van der Waals surface area contributed by atoms with Crippen LogP contribution in [0.4, 0.5) is 16.2 Å². The third kappa shape index (κ3) is 3.12. The Morgan fingerprint density at radius 1 is 1.13 bits per heavy atom. The van der Waals surface area contributed by atoms with Crippen molar-refractivity contribution in [3.63, 3.8) is 0 Å². The second-order valence-corrected chi connectivity index (χ2v) is 6.87. The van der Waals surface area contributed by atoms with E-state index < -0.39 is 0 Å². The van der Waals surface area contributed by atoms with Crippen molar-refractivity contribution in [2.45, 2.75) is 24.8 Å². The fourth-order valence-electron chi connectivity index (χ4n) is 2.33. The highest BCUT2D eigenvalue weighted by molar-refractivity contribution is 8.01. The Morgan fingerprint density at radius 2 is 1.87 bits per heavy atom. The highest BCUT2D eigenvalue weighted by Crippen LogP contribution is 2.44. The number of fused-ring (bicyclic) bond motifs is 1. The summed E-state index contributed by atoms with van der Waals surface area (Å²) in [6.45, 7) is 3.95. The van der Waals surface area contributed by atoms with Crippen LogP contribution in [0.3, 0.4) is 0 Å². The molecular formula is C17H17ClN2O2S. The Bertz CT molecular complexity index is 751. The first kappa shape index (κ1) is 16.0. The number of urea groups is 1. The molecule has 6 heteroatoms. The molecule has 0 atom stereocenters. The quantitative estimate of drug-likeness (QED) is 0.714. The van der Waals surface area contributed by atoms with Gasteiger partial charge in [0.25, 0.3) is 0 Å². The smallest absolute Gasteiger partial charge is 0.339 e. The lowest BCUT2D eigenvalue weighted by atomic mass is 10.2. The van der Waals surface area contributed by atoms with Crippen LogP contribution in [-0.4, -0.2) is 19.2 Å². The predicted molar refractivity (Wildman–Crippen MR) is 95.8 cm³/mol. The van der Waals surface area contributed by atoms with E-state index in [1.807, 2.05) is 50.2 Å². The molecule has 1 aliphatic heterocycles. The van der Waals surface area contributed by atoms with Gasteiger partial charge in [-0.3, -0.25) is 4.90 Å². The molecule has 0 saturated heterocycles. The molecule has 0 unspecified atom stereocenters. The van der Waals surface area contributed by atoms with Crippen LogP contribution in [0.5, 0.6) is 5.75 Å². The lowest BCUT2D eigenvalue weighted by Crippen LogP contribution is -2.40. The second kappa shape index (κ2) is 6.34. The third-order valence-corrected chi connectivity index (χ3v) is 4.78.